The van der Waals surface area contributed by atoms with Gasteiger partial charge in [-0.2, -0.15) is 0 Å². The van der Waals surface area contributed by atoms with Gasteiger partial charge in [0.15, 0.2) is 0 Å². The normalized spacial score (nSPS) is 17.7. The van der Waals surface area contributed by atoms with Gasteiger partial charge in [-0.15, -0.1) is 4.91 Å². The zero-order valence-electron chi connectivity index (χ0n) is 17.9. The van der Waals surface area contributed by atoms with E-state index in [-0.39, 0.29) is 6.61 Å². The average molecular weight is 302 g/mol. The molecule has 0 aliphatic heterocycles. The molecule has 1 aromatic rings. The van der Waals surface area contributed by atoms with Crippen molar-refractivity contribution in [2.75, 3.05) is 26.9 Å². The molecule has 0 heterocycles. The minimum atomic E-state index is -2.97. The summed E-state index contributed by atoms with van der Waals surface area (Å²) in [7, 11) is 1.61. The Balaban J connectivity index is 2.65. The van der Waals surface area contributed by atoms with Crippen molar-refractivity contribution in [3.05, 3.63) is 34.7 Å². The minimum absolute atomic E-state index is 0.266. The van der Waals surface area contributed by atoms with E-state index in [1.807, 2.05) is 12.1 Å². The molecular formula is C15H24N2O4. The second-order valence-corrected chi connectivity index (χ2v) is 4.46. The van der Waals surface area contributed by atoms with Crippen LogP contribution in [0.2, 0.25) is 0 Å². The van der Waals surface area contributed by atoms with E-state index < -0.39 is 32.4 Å². The van der Waals surface area contributed by atoms with Crippen LogP contribution in [0.4, 0.5) is 0 Å². The monoisotopic (exact) mass is 302 g/mol. The standard InChI is InChI=1S/C15H24N2O4/c1-12(2)17(16-19)10-14(18)11-21-15-6-4-13(5-7-15)8-9-20-3/h4-7,12,14,18H,8-11H2,1-3H3/i1D3,2D3. The highest BCUT2D eigenvalue weighted by Crippen LogP contribution is 2.13. The quantitative estimate of drug-likeness (QED) is 0.529. The fourth-order valence-corrected chi connectivity index (χ4v) is 1.62. The van der Waals surface area contributed by atoms with Gasteiger partial charge in [-0.3, -0.25) is 5.01 Å². The SMILES string of the molecule is [2H]C([2H])([2H])C(N(CC(O)COc1ccc(CCOC)cc1)N=O)C([2H])([2H])[2H]. The highest BCUT2D eigenvalue weighted by molar-refractivity contribution is 5.27. The van der Waals surface area contributed by atoms with Crippen molar-refractivity contribution < 1.29 is 22.8 Å². The van der Waals surface area contributed by atoms with Gasteiger partial charge in [0.25, 0.3) is 0 Å². The van der Waals surface area contributed by atoms with Crippen LogP contribution in [0.5, 0.6) is 5.75 Å². The summed E-state index contributed by atoms with van der Waals surface area (Å²) >= 11 is 0. The predicted molar refractivity (Wildman–Crippen MR) is 81.2 cm³/mol. The molecule has 1 unspecified atom stereocenters. The maximum Gasteiger partial charge on any atom is 0.119 e. The smallest absolute Gasteiger partial charge is 0.119 e. The summed E-state index contributed by atoms with van der Waals surface area (Å²) in [6.07, 6.45) is -0.576. The van der Waals surface area contributed by atoms with Gasteiger partial charge in [0.05, 0.1) is 18.4 Å². The lowest BCUT2D eigenvalue weighted by Gasteiger charge is -2.22. The molecule has 0 bridgehead atoms. The Morgan fingerprint density at radius 3 is 2.67 bits per heavy atom. The number of hydrogen-bond acceptors (Lipinski definition) is 5. The first-order valence-electron chi connectivity index (χ1n) is 9.47. The summed E-state index contributed by atoms with van der Waals surface area (Å²) in [5.74, 6) is 0.462. The third-order valence-corrected chi connectivity index (χ3v) is 2.76. The molecule has 0 fully saturated rings. The summed E-state index contributed by atoms with van der Waals surface area (Å²) in [5.41, 5.74) is 1.04. The van der Waals surface area contributed by atoms with Gasteiger partial charge in [-0.1, -0.05) is 12.1 Å². The predicted octanol–water partition coefficient (Wildman–Crippen LogP) is 2.01. The van der Waals surface area contributed by atoms with Crippen LogP contribution >= 0.6 is 0 Å². The second kappa shape index (κ2) is 9.31. The molecule has 0 amide bonds. The van der Waals surface area contributed by atoms with Gasteiger partial charge >= 0.3 is 0 Å². The van der Waals surface area contributed by atoms with Gasteiger partial charge in [0.1, 0.15) is 18.5 Å². The average Bonchev–Trinajstić information content (AvgIpc) is 2.56. The van der Waals surface area contributed by atoms with Crippen LogP contribution in [-0.4, -0.2) is 49.1 Å². The summed E-state index contributed by atoms with van der Waals surface area (Å²) in [6.45, 7) is -6.22. The molecule has 1 atom stereocenters. The number of hydrogen-bond donors (Lipinski definition) is 1. The molecule has 0 spiro atoms. The van der Waals surface area contributed by atoms with Crippen LogP contribution in [-0.2, 0) is 11.2 Å². The van der Waals surface area contributed by atoms with E-state index in [0.717, 1.165) is 12.0 Å². The Labute approximate surface area is 134 Å². The first-order chi connectivity index (χ1) is 12.5. The number of nitrogens with zero attached hydrogens (tertiary/aromatic N) is 2. The molecule has 0 aliphatic carbocycles. The largest absolute Gasteiger partial charge is 0.491 e. The number of aliphatic hydroxyl groups is 1. The summed E-state index contributed by atoms with van der Waals surface area (Å²) in [4.78, 5) is 11.0. The number of nitroso groups, excluding NO2 is 1. The topological polar surface area (TPSA) is 71.4 Å². The molecule has 6 nitrogen and oxygen atoms in total. The van der Waals surface area contributed by atoms with Gasteiger partial charge in [0.2, 0.25) is 0 Å². The number of methoxy groups -OCH3 is 1. The van der Waals surface area contributed by atoms with Crippen molar-refractivity contribution in [1.82, 2.24) is 5.01 Å². The van der Waals surface area contributed by atoms with E-state index in [4.69, 9.17) is 17.7 Å². The highest BCUT2D eigenvalue weighted by Gasteiger charge is 2.14. The molecule has 21 heavy (non-hydrogen) atoms. The van der Waals surface area contributed by atoms with E-state index in [2.05, 4.69) is 5.29 Å². The van der Waals surface area contributed by atoms with Gasteiger partial charge in [-0.05, 0) is 37.8 Å². The Hall–Kier alpha value is -1.66. The van der Waals surface area contributed by atoms with Crippen molar-refractivity contribution in [2.45, 2.75) is 32.3 Å². The molecule has 0 saturated carbocycles. The van der Waals surface area contributed by atoms with Crippen molar-refractivity contribution in [3.8, 4) is 5.75 Å². The van der Waals surface area contributed by atoms with E-state index in [1.54, 1.807) is 19.2 Å². The molecule has 0 aromatic heterocycles. The number of benzene rings is 1. The van der Waals surface area contributed by atoms with Gasteiger partial charge in [-0.25, -0.2) is 0 Å². The number of aliphatic hydroxyl groups excluding tert-OH is 1. The zero-order chi connectivity index (χ0) is 20.7. The van der Waals surface area contributed by atoms with Crippen LogP contribution in [0.1, 0.15) is 27.5 Å². The molecule has 0 radical (unpaired) electrons. The molecular weight excluding hydrogens is 272 g/mol. The molecule has 0 saturated heterocycles. The van der Waals surface area contributed by atoms with Crippen molar-refractivity contribution >= 4 is 0 Å². The van der Waals surface area contributed by atoms with Crippen molar-refractivity contribution in [2.24, 2.45) is 5.29 Å². The van der Waals surface area contributed by atoms with Gasteiger partial charge < -0.3 is 14.6 Å². The molecule has 6 heteroatoms. The summed E-state index contributed by atoms with van der Waals surface area (Å²) < 4.78 is 54.4. The van der Waals surface area contributed by atoms with Crippen LogP contribution in [0, 0.1) is 4.91 Å². The number of rotatable bonds is 10. The van der Waals surface area contributed by atoms with Crippen LogP contribution < -0.4 is 4.74 Å². The lowest BCUT2D eigenvalue weighted by Crippen LogP contribution is -2.36. The maximum atomic E-state index is 11.0. The first-order valence-corrected chi connectivity index (χ1v) is 6.47. The Bertz CT molecular complexity index is 565. The first kappa shape index (κ1) is 10.1. The van der Waals surface area contributed by atoms with E-state index >= 15 is 0 Å². The zero-order valence-corrected chi connectivity index (χ0v) is 11.9. The Morgan fingerprint density at radius 1 is 1.38 bits per heavy atom. The molecule has 118 valence electrons. The Morgan fingerprint density at radius 2 is 2.10 bits per heavy atom. The third kappa shape index (κ3) is 6.55. The lowest BCUT2D eigenvalue weighted by atomic mass is 10.1. The Kier molecular flexibility index (Phi) is 4.49. The molecule has 1 aromatic carbocycles. The third-order valence-electron chi connectivity index (χ3n) is 2.76. The van der Waals surface area contributed by atoms with Gasteiger partial charge in [0, 0.05) is 21.4 Å². The second-order valence-electron chi connectivity index (χ2n) is 4.46. The molecule has 1 rings (SSSR count). The lowest BCUT2D eigenvalue weighted by molar-refractivity contribution is 0.0579. The van der Waals surface area contributed by atoms with Crippen molar-refractivity contribution in [3.63, 3.8) is 0 Å². The summed E-state index contributed by atoms with van der Waals surface area (Å²) in [6, 6.07) is 4.94. The van der Waals surface area contributed by atoms with Crippen LogP contribution in [0.3, 0.4) is 0 Å². The van der Waals surface area contributed by atoms with Crippen LogP contribution in [0.15, 0.2) is 29.6 Å². The molecule has 1 N–H and O–H groups in total. The fourth-order valence-electron chi connectivity index (χ4n) is 1.62. The molecule has 0 aliphatic rings. The number of ether oxygens (including phenoxy) is 2. The minimum Gasteiger partial charge on any atom is -0.491 e. The van der Waals surface area contributed by atoms with Crippen LogP contribution in [0.25, 0.3) is 0 Å². The van der Waals surface area contributed by atoms with E-state index in [0.29, 0.717) is 17.4 Å². The summed E-state index contributed by atoms with van der Waals surface area (Å²) in [5, 5.41) is 12.8. The maximum absolute atomic E-state index is 11.0. The fraction of sp³-hybridized carbons (Fsp3) is 0.600. The highest BCUT2D eigenvalue weighted by atomic mass is 16.5. The van der Waals surface area contributed by atoms with E-state index in [9.17, 15) is 10.0 Å². The van der Waals surface area contributed by atoms with E-state index in [1.165, 1.54) is 0 Å². The van der Waals surface area contributed by atoms with Crippen molar-refractivity contribution in [1.29, 1.82) is 0 Å².